The first-order chi connectivity index (χ1) is 27.4. The molecule has 0 bridgehead atoms. The van der Waals surface area contributed by atoms with Gasteiger partial charge in [-0.2, -0.15) is 0 Å². The number of hydrogen-bond acceptors (Lipinski definition) is 15. The summed E-state index contributed by atoms with van der Waals surface area (Å²) in [6.07, 6.45) is -0.620. The molecule has 58 heavy (non-hydrogen) atoms. The summed E-state index contributed by atoms with van der Waals surface area (Å²) in [5, 5.41) is 30.5. The van der Waals surface area contributed by atoms with Crippen LogP contribution in [0.2, 0.25) is 0 Å². The zero-order chi connectivity index (χ0) is 43.4. The standard InChI is InChI=1S/C42H60O16/c1-25(2)53-36(45)17-13-8-7-12-16-32-33(35(44)24-34(32)43)21-20-31(19-18-30-14-10-9-11-15-30)58-38(47)23-22-37(46)54-27(4)40(50)56-29(6)42(52)57-28(5)41(51)55-26(3)39(48)49/h7,9-12,14-15,25-29,31-35,43-44H,8,13,16-24H2,1-6H3,(H,48,49)/b12-7-/t26?,27?,28?,29?,31-,32+,33+,34+,35-/m0/s1. The highest BCUT2D eigenvalue weighted by molar-refractivity contribution is 5.86. The predicted molar refractivity (Wildman–Crippen MR) is 205 cm³/mol. The summed E-state index contributed by atoms with van der Waals surface area (Å²) in [6.45, 7) is 8.22. The molecule has 0 spiro atoms. The molecule has 9 atom stereocenters. The van der Waals surface area contributed by atoms with Gasteiger partial charge in [0.1, 0.15) is 6.10 Å². The van der Waals surface area contributed by atoms with Crippen LogP contribution in [0.25, 0.3) is 0 Å². The summed E-state index contributed by atoms with van der Waals surface area (Å²) in [5.41, 5.74) is 1.04. The summed E-state index contributed by atoms with van der Waals surface area (Å²) < 4.78 is 30.6. The molecule has 1 aliphatic rings. The number of unbranched alkanes of at least 4 members (excludes halogenated alkanes) is 1. The molecule has 1 aromatic carbocycles. The summed E-state index contributed by atoms with van der Waals surface area (Å²) in [4.78, 5) is 84.9. The largest absolute Gasteiger partial charge is 0.479 e. The first-order valence-electron chi connectivity index (χ1n) is 19.9. The molecule has 1 aliphatic carbocycles. The number of aliphatic hydroxyl groups excluding tert-OH is 2. The van der Waals surface area contributed by atoms with E-state index in [1.54, 1.807) is 13.8 Å². The van der Waals surface area contributed by atoms with Gasteiger partial charge >= 0.3 is 41.8 Å². The second-order valence-corrected chi connectivity index (χ2v) is 14.8. The lowest BCUT2D eigenvalue weighted by atomic mass is 9.85. The quantitative estimate of drug-likeness (QED) is 0.0539. The van der Waals surface area contributed by atoms with Crippen molar-refractivity contribution in [2.24, 2.45) is 11.8 Å². The van der Waals surface area contributed by atoms with Crippen molar-refractivity contribution in [3.8, 4) is 0 Å². The molecule has 1 aromatic rings. The van der Waals surface area contributed by atoms with Gasteiger partial charge in [0.15, 0.2) is 24.4 Å². The van der Waals surface area contributed by atoms with Gasteiger partial charge in [0, 0.05) is 6.42 Å². The van der Waals surface area contributed by atoms with E-state index >= 15 is 0 Å². The molecule has 0 aromatic heterocycles. The number of allylic oxidation sites excluding steroid dienone is 2. The van der Waals surface area contributed by atoms with Crippen molar-refractivity contribution in [2.45, 2.75) is 161 Å². The van der Waals surface area contributed by atoms with E-state index in [1.807, 2.05) is 42.5 Å². The van der Waals surface area contributed by atoms with Crippen LogP contribution in [0.15, 0.2) is 42.5 Å². The van der Waals surface area contributed by atoms with E-state index in [0.29, 0.717) is 51.4 Å². The lowest BCUT2D eigenvalue weighted by Crippen LogP contribution is -2.37. The van der Waals surface area contributed by atoms with Crippen molar-refractivity contribution < 1.29 is 77.3 Å². The zero-order valence-corrected chi connectivity index (χ0v) is 34.2. The number of aliphatic carboxylic acids is 1. The number of rotatable bonds is 25. The Morgan fingerprint density at radius 1 is 0.638 bits per heavy atom. The molecule has 0 radical (unpaired) electrons. The van der Waals surface area contributed by atoms with E-state index in [2.05, 4.69) is 4.74 Å². The van der Waals surface area contributed by atoms with Crippen LogP contribution in [0.5, 0.6) is 0 Å². The summed E-state index contributed by atoms with van der Waals surface area (Å²) in [5.74, 6) is -7.03. The van der Waals surface area contributed by atoms with Crippen LogP contribution in [0.4, 0.5) is 0 Å². The van der Waals surface area contributed by atoms with Crippen molar-refractivity contribution in [1.29, 1.82) is 0 Å². The Hall–Kier alpha value is -4.83. The highest BCUT2D eigenvalue weighted by atomic mass is 16.6. The number of aliphatic hydroxyl groups is 2. The molecule has 16 heteroatoms. The highest BCUT2D eigenvalue weighted by Crippen LogP contribution is 2.39. The average molecular weight is 821 g/mol. The first kappa shape index (κ1) is 49.3. The van der Waals surface area contributed by atoms with E-state index in [9.17, 15) is 43.8 Å². The van der Waals surface area contributed by atoms with Gasteiger partial charge in [-0.1, -0.05) is 42.5 Å². The van der Waals surface area contributed by atoms with Gasteiger partial charge in [0.05, 0.1) is 31.2 Å². The fourth-order valence-electron chi connectivity index (χ4n) is 6.29. The number of ether oxygens (including phenoxy) is 6. The van der Waals surface area contributed by atoms with Crippen molar-refractivity contribution in [1.82, 2.24) is 0 Å². The molecule has 3 N–H and O–H groups in total. The minimum atomic E-state index is -1.53. The third-order valence-corrected chi connectivity index (χ3v) is 9.50. The molecule has 4 unspecified atom stereocenters. The Balaban J connectivity index is 1.89. The third kappa shape index (κ3) is 18.6. The average Bonchev–Trinajstić information content (AvgIpc) is 3.43. The van der Waals surface area contributed by atoms with Gasteiger partial charge in [-0.15, -0.1) is 0 Å². The van der Waals surface area contributed by atoms with Crippen LogP contribution in [0, 0.1) is 11.8 Å². The summed E-state index contributed by atoms with van der Waals surface area (Å²) >= 11 is 0. The van der Waals surface area contributed by atoms with Crippen molar-refractivity contribution in [2.75, 3.05) is 0 Å². The molecule has 1 fully saturated rings. The Kier molecular flexibility index (Phi) is 21.7. The SMILES string of the molecule is CC(C)OC(=O)CCC/C=C\C[C@@H]1[C@@H](CC[C@H](CCc2ccccc2)OC(=O)CCC(=O)OC(C)C(=O)OC(C)C(=O)OC(C)C(=O)OC(C)C(=O)O)[C@@H](O)C[C@H]1O. The number of carboxylic acids is 1. The molecule has 324 valence electrons. The number of aryl methyl sites for hydroxylation is 1. The molecular weight excluding hydrogens is 760 g/mol. The monoisotopic (exact) mass is 820 g/mol. The lowest BCUT2D eigenvalue weighted by Gasteiger charge is -2.25. The maximum absolute atomic E-state index is 13.0. The fourth-order valence-corrected chi connectivity index (χ4v) is 6.29. The number of carboxylic acid groups (broad SMARTS) is 1. The van der Waals surface area contributed by atoms with Crippen LogP contribution < -0.4 is 0 Å². The lowest BCUT2D eigenvalue weighted by molar-refractivity contribution is -0.184. The predicted octanol–water partition coefficient (Wildman–Crippen LogP) is 4.33. The Morgan fingerprint density at radius 2 is 1.16 bits per heavy atom. The summed E-state index contributed by atoms with van der Waals surface area (Å²) in [7, 11) is 0. The second-order valence-electron chi connectivity index (χ2n) is 14.8. The minimum absolute atomic E-state index is 0.160. The van der Waals surface area contributed by atoms with E-state index in [0.717, 1.165) is 26.3 Å². The van der Waals surface area contributed by atoms with Crippen molar-refractivity contribution in [3.63, 3.8) is 0 Å². The molecule has 0 aliphatic heterocycles. The Morgan fingerprint density at radius 3 is 1.72 bits per heavy atom. The Labute approximate surface area is 339 Å². The van der Waals surface area contributed by atoms with E-state index in [-0.39, 0.29) is 36.8 Å². The first-order valence-corrected chi connectivity index (χ1v) is 19.9. The molecule has 0 heterocycles. The summed E-state index contributed by atoms with van der Waals surface area (Å²) in [6, 6.07) is 9.62. The molecule has 0 amide bonds. The van der Waals surface area contributed by atoms with Crippen LogP contribution in [-0.4, -0.2) is 106 Å². The zero-order valence-electron chi connectivity index (χ0n) is 34.2. The molecule has 16 nitrogen and oxygen atoms in total. The topological polar surface area (TPSA) is 236 Å². The number of carbonyl (C=O) groups excluding carboxylic acids is 6. The van der Waals surface area contributed by atoms with Crippen molar-refractivity contribution >= 4 is 41.8 Å². The fraction of sp³-hybridized carbons (Fsp3) is 0.643. The van der Waals surface area contributed by atoms with E-state index in [4.69, 9.17) is 28.8 Å². The maximum atomic E-state index is 13.0. The van der Waals surface area contributed by atoms with Gasteiger partial charge in [0.25, 0.3) is 0 Å². The normalized spacial score (nSPS) is 20.3. The van der Waals surface area contributed by atoms with Gasteiger partial charge in [-0.05, 0) is 110 Å². The number of benzene rings is 1. The van der Waals surface area contributed by atoms with Crippen molar-refractivity contribution in [3.05, 3.63) is 48.0 Å². The third-order valence-electron chi connectivity index (χ3n) is 9.50. The maximum Gasteiger partial charge on any atom is 0.347 e. The van der Waals surface area contributed by atoms with Gasteiger partial charge < -0.3 is 43.7 Å². The van der Waals surface area contributed by atoms with Gasteiger partial charge in [-0.25, -0.2) is 19.2 Å². The van der Waals surface area contributed by atoms with Crippen LogP contribution in [0.1, 0.15) is 111 Å². The number of carbonyl (C=O) groups is 7. The van der Waals surface area contributed by atoms with Crippen LogP contribution >= 0.6 is 0 Å². The minimum Gasteiger partial charge on any atom is -0.479 e. The second kappa shape index (κ2) is 25.5. The smallest absolute Gasteiger partial charge is 0.347 e. The number of esters is 6. The van der Waals surface area contributed by atoms with E-state index in [1.165, 1.54) is 6.92 Å². The highest BCUT2D eigenvalue weighted by Gasteiger charge is 2.41. The van der Waals surface area contributed by atoms with E-state index < -0.39 is 85.0 Å². The molecule has 0 saturated heterocycles. The van der Waals surface area contributed by atoms with Gasteiger partial charge in [0.2, 0.25) is 0 Å². The number of hydrogen-bond donors (Lipinski definition) is 3. The Bertz CT molecular complexity index is 1520. The molecular formula is C42H60O16. The van der Waals surface area contributed by atoms with Crippen LogP contribution in [-0.2, 0) is 68.4 Å². The van der Waals surface area contributed by atoms with Crippen LogP contribution in [0.3, 0.4) is 0 Å². The molecule has 2 rings (SSSR count). The molecule has 1 saturated carbocycles. The van der Waals surface area contributed by atoms with Gasteiger partial charge in [-0.3, -0.25) is 14.4 Å².